The van der Waals surface area contributed by atoms with Crippen LogP contribution in [0.1, 0.15) is 71.9 Å². The first kappa shape index (κ1) is 20.8. The van der Waals surface area contributed by atoms with Crippen molar-refractivity contribution >= 4 is 17.7 Å². The summed E-state index contributed by atoms with van der Waals surface area (Å²) in [6, 6.07) is 16.9. The van der Waals surface area contributed by atoms with Crippen LogP contribution < -0.4 is 5.32 Å². The molecule has 0 saturated heterocycles. The van der Waals surface area contributed by atoms with E-state index in [-0.39, 0.29) is 23.8 Å². The number of hydrogen-bond donors (Lipinski definition) is 1. The molecule has 0 unspecified atom stereocenters. The van der Waals surface area contributed by atoms with E-state index in [1.165, 1.54) is 4.90 Å². The van der Waals surface area contributed by atoms with E-state index in [4.69, 9.17) is 0 Å². The minimum atomic E-state index is -0.217. The Labute approximate surface area is 172 Å². The molecule has 152 valence electrons. The molecule has 1 N–H and O–H groups in total. The van der Waals surface area contributed by atoms with E-state index in [9.17, 15) is 14.4 Å². The molecule has 2 aromatic rings. The standard InChI is InChI=1S/C24H28N2O3/c1-17(2)22(18-11-5-3-6-12-18)25-21(27)15-7-4-10-16-26-23(28)19-13-8-9-14-20(19)24(26)29/h3,5-6,8-9,11-14,17,22H,4,7,10,15-16H2,1-2H3,(H,25,27)/t22-/m0/s1. The first-order chi connectivity index (χ1) is 14.0. The van der Waals surface area contributed by atoms with Crippen molar-refractivity contribution in [3.63, 3.8) is 0 Å². The number of unbranched alkanes of at least 4 members (excludes halogenated alkanes) is 2. The molecule has 0 aromatic heterocycles. The lowest BCUT2D eigenvalue weighted by atomic mass is 9.96. The monoisotopic (exact) mass is 392 g/mol. The second kappa shape index (κ2) is 9.50. The normalized spacial score (nSPS) is 14.2. The van der Waals surface area contributed by atoms with Gasteiger partial charge in [0.25, 0.3) is 11.8 Å². The first-order valence-corrected chi connectivity index (χ1v) is 10.3. The van der Waals surface area contributed by atoms with E-state index < -0.39 is 0 Å². The largest absolute Gasteiger partial charge is 0.349 e. The number of carbonyl (C=O) groups excluding carboxylic acids is 3. The molecule has 3 rings (SSSR count). The predicted octanol–water partition coefficient (Wildman–Crippen LogP) is 4.36. The van der Waals surface area contributed by atoms with Crippen molar-refractivity contribution in [2.75, 3.05) is 6.54 Å². The van der Waals surface area contributed by atoms with Gasteiger partial charge in [0.05, 0.1) is 17.2 Å². The molecule has 1 heterocycles. The summed E-state index contributed by atoms with van der Waals surface area (Å²) in [6.45, 7) is 4.59. The first-order valence-electron chi connectivity index (χ1n) is 10.3. The van der Waals surface area contributed by atoms with Crippen molar-refractivity contribution in [3.8, 4) is 0 Å². The molecule has 0 fully saturated rings. The van der Waals surface area contributed by atoms with Crippen molar-refractivity contribution in [2.45, 2.75) is 45.6 Å². The van der Waals surface area contributed by atoms with Gasteiger partial charge >= 0.3 is 0 Å². The van der Waals surface area contributed by atoms with Crippen molar-refractivity contribution in [2.24, 2.45) is 5.92 Å². The predicted molar refractivity (Wildman–Crippen MR) is 112 cm³/mol. The molecular formula is C24H28N2O3. The lowest BCUT2D eigenvalue weighted by Gasteiger charge is -2.23. The van der Waals surface area contributed by atoms with E-state index in [2.05, 4.69) is 19.2 Å². The number of imide groups is 1. The van der Waals surface area contributed by atoms with Crippen LogP contribution in [0.3, 0.4) is 0 Å². The Bertz CT molecular complexity index is 842. The molecule has 5 heteroatoms. The van der Waals surface area contributed by atoms with Gasteiger partial charge in [-0.05, 0) is 36.5 Å². The Morgan fingerprint density at radius 3 is 2.03 bits per heavy atom. The maximum Gasteiger partial charge on any atom is 0.261 e. The molecule has 0 aliphatic carbocycles. The van der Waals surface area contributed by atoms with Crippen molar-refractivity contribution in [3.05, 3.63) is 71.3 Å². The fraction of sp³-hybridized carbons (Fsp3) is 0.375. The van der Waals surface area contributed by atoms with E-state index in [1.807, 2.05) is 30.3 Å². The van der Waals surface area contributed by atoms with Crippen molar-refractivity contribution < 1.29 is 14.4 Å². The zero-order valence-electron chi connectivity index (χ0n) is 17.1. The van der Waals surface area contributed by atoms with Gasteiger partial charge in [-0.15, -0.1) is 0 Å². The fourth-order valence-electron chi connectivity index (χ4n) is 3.72. The van der Waals surface area contributed by atoms with Crippen LogP contribution in [0, 0.1) is 5.92 Å². The van der Waals surface area contributed by atoms with Crippen LogP contribution in [0.5, 0.6) is 0 Å². The van der Waals surface area contributed by atoms with Crippen LogP contribution in [0.2, 0.25) is 0 Å². The third kappa shape index (κ3) is 4.91. The number of fused-ring (bicyclic) bond motifs is 1. The number of amides is 3. The summed E-state index contributed by atoms with van der Waals surface area (Å²) in [5, 5.41) is 3.13. The number of hydrogen-bond acceptors (Lipinski definition) is 3. The third-order valence-corrected chi connectivity index (χ3v) is 5.31. The topological polar surface area (TPSA) is 66.5 Å². The molecule has 0 bridgehead atoms. The van der Waals surface area contributed by atoms with Crippen LogP contribution in [-0.4, -0.2) is 29.2 Å². The summed E-state index contributed by atoms with van der Waals surface area (Å²) >= 11 is 0. The lowest BCUT2D eigenvalue weighted by Crippen LogP contribution is -2.32. The Hall–Kier alpha value is -2.95. The highest BCUT2D eigenvalue weighted by atomic mass is 16.2. The quantitative estimate of drug-likeness (QED) is 0.509. The van der Waals surface area contributed by atoms with Crippen LogP contribution >= 0.6 is 0 Å². The van der Waals surface area contributed by atoms with E-state index in [0.29, 0.717) is 36.4 Å². The van der Waals surface area contributed by atoms with Crippen LogP contribution in [0.15, 0.2) is 54.6 Å². The maximum atomic E-state index is 12.4. The second-order valence-corrected chi connectivity index (χ2v) is 7.82. The van der Waals surface area contributed by atoms with Crippen LogP contribution in [0.4, 0.5) is 0 Å². The molecule has 3 amide bonds. The fourth-order valence-corrected chi connectivity index (χ4v) is 3.72. The van der Waals surface area contributed by atoms with E-state index in [1.54, 1.807) is 24.3 Å². The van der Waals surface area contributed by atoms with Gasteiger partial charge in [0.15, 0.2) is 0 Å². The summed E-state index contributed by atoms with van der Waals surface area (Å²) < 4.78 is 0. The summed E-state index contributed by atoms with van der Waals surface area (Å²) in [5.41, 5.74) is 2.08. The molecule has 1 atom stereocenters. The van der Waals surface area contributed by atoms with Crippen molar-refractivity contribution in [1.29, 1.82) is 0 Å². The van der Waals surface area contributed by atoms with Gasteiger partial charge in [-0.1, -0.05) is 62.7 Å². The van der Waals surface area contributed by atoms with E-state index in [0.717, 1.165) is 18.4 Å². The molecule has 0 spiro atoms. The van der Waals surface area contributed by atoms with Gasteiger partial charge in [-0.2, -0.15) is 0 Å². The molecule has 1 aliphatic heterocycles. The number of benzene rings is 2. The van der Waals surface area contributed by atoms with Gasteiger partial charge in [-0.25, -0.2) is 0 Å². The zero-order chi connectivity index (χ0) is 20.8. The molecule has 29 heavy (non-hydrogen) atoms. The highest BCUT2D eigenvalue weighted by Crippen LogP contribution is 2.23. The number of nitrogens with one attached hydrogen (secondary N) is 1. The minimum absolute atomic E-state index is 0.00190. The molecule has 0 radical (unpaired) electrons. The number of rotatable bonds is 9. The highest BCUT2D eigenvalue weighted by Gasteiger charge is 2.34. The summed E-state index contributed by atoms with van der Waals surface area (Å²) in [5.74, 6) is -0.0968. The Kier molecular flexibility index (Phi) is 6.81. The molecular weight excluding hydrogens is 364 g/mol. The lowest BCUT2D eigenvalue weighted by molar-refractivity contribution is -0.122. The Morgan fingerprint density at radius 2 is 1.45 bits per heavy atom. The third-order valence-electron chi connectivity index (χ3n) is 5.31. The zero-order valence-corrected chi connectivity index (χ0v) is 17.1. The maximum absolute atomic E-state index is 12.4. The van der Waals surface area contributed by atoms with Gasteiger partial charge in [0, 0.05) is 13.0 Å². The SMILES string of the molecule is CC(C)[C@H](NC(=O)CCCCCN1C(=O)c2ccccc2C1=O)c1ccccc1. The smallest absolute Gasteiger partial charge is 0.261 e. The highest BCUT2D eigenvalue weighted by molar-refractivity contribution is 6.21. The number of nitrogens with zero attached hydrogens (tertiary/aromatic N) is 1. The minimum Gasteiger partial charge on any atom is -0.349 e. The van der Waals surface area contributed by atoms with E-state index >= 15 is 0 Å². The number of carbonyl (C=O) groups is 3. The van der Waals surface area contributed by atoms with Gasteiger partial charge in [0.1, 0.15) is 0 Å². The van der Waals surface area contributed by atoms with Gasteiger partial charge in [-0.3, -0.25) is 19.3 Å². The Morgan fingerprint density at radius 1 is 0.862 bits per heavy atom. The average Bonchev–Trinajstić information content (AvgIpc) is 2.97. The van der Waals surface area contributed by atoms with Crippen molar-refractivity contribution in [1.82, 2.24) is 10.2 Å². The van der Waals surface area contributed by atoms with Crippen LogP contribution in [-0.2, 0) is 4.79 Å². The Balaban J connectivity index is 1.41. The van der Waals surface area contributed by atoms with Gasteiger partial charge in [0.2, 0.25) is 5.91 Å². The van der Waals surface area contributed by atoms with Crippen LogP contribution in [0.25, 0.3) is 0 Å². The summed E-state index contributed by atoms with van der Waals surface area (Å²) in [7, 11) is 0. The second-order valence-electron chi connectivity index (χ2n) is 7.82. The summed E-state index contributed by atoms with van der Waals surface area (Å²) in [4.78, 5) is 38.4. The molecule has 1 aliphatic rings. The molecule has 2 aromatic carbocycles. The van der Waals surface area contributed by atoms with Gasteiger partial charge < -0.3 is 5.32 Å². The molecule has 0 saturated carbocycles. The molecule has 5 nitrogen and oxygen atoms in total. The average molecular weight is 392 g/mol. The summed E-state index contributed by atoms with van der Waals surface area (Å²) in [6.07, 6.45) is 2.66.